The maximum atomic E-state index is 11.5. The second-order valence-corrected chi connectivity index (χ2v) is 5.48. The van der Waals surface area contributed by atoms with Gasteiger partial charge < -0.3 is 14.6 Å². The van der Waals surface area contributed by atoms with E-state index in [4.69, 9.17) is 4.74 Å². The molecule has 0 saturated heterocycles. The quantitative estimate of drug-likeness (QED) is 0.703. The minimum atomic E-state index is -3.67. The number of carbonyl (C=O) groups is 1. The van der Waals surface area contributed by atoms with Crippen molar-refractivity contribution in [2.24, 2.45) is 0 Å². The van der Waals surface area contributed by atoms with Gasteiger partial charge >= 0.3 is 0 Å². The van der Waals surface area contributed by atoms with E-state index in [0.717, 1.165) is 10.6 Å². The highest BCUT2D eigenvalue weighted by molar-refractivity contribution is 7.92. The molecular weight excluding hydrogens is 258 g/mol. The number of rotatable bonds is 6. The zero-order valence-electron chi connectivity index (χ0n) is 10.1. The molecule has 0 unspecified atom stereocenters. The molecule has 100 valence electrons. The molecule has 0 saturated carbocycles. The second kappa shape index (κ2) is 5.72. The summed E-state index contributed by atoms with van der Waals surface area (Å²) in [6, 6.07) is 6.11. The molecule has 0 fully saturated rings. The van der Waals surface area contributed by atoms with Crippen LogP contribution in [0.15, 0.2) is 24.3 Å². The van der Waals surface area contributed by atoms with Crippen LogP contribution in [0, 0.1) is 0 Å². The molecule has 0 bridgehead atoms. The van der Waals surface area contributed by atoms with Crippen molar-refractivity contribution in [2.45, 2.75) is 6.92 Å². The van der Waals surface area contributed by atoms with E-state index in [-0.39, 0.29) is 5.69 Å². The fourth-order valence-corrected chi connectivity index (χ4v) is 2.24. The van der Waals surface area contributed by atoms with Crippen LogP contribution < -0.4 is 14.1 Å². The zero-order valence-corrected chi connectivity index (χ0v) is 10.9. The molecule has 0 heterocycles. The van der Waals surface area contributed by atoms with E-state index in [1.54, 1.807) is 12.1 Å². The van der Waals surface area contributed by atoms with Crippen LogP contribution in [-0.4, -0.2) is 33.8 Å². The van der Waals surface area contributed by atoms with Gasteiger partial charge in [-0.2, -0.15) is 0 Å². The summed E-state index contributed by atoms with van der Waals surface area (Å²) in [6.07, 6.45) is 0.937. The Hall–Kier alpha value is -1.76. The maximum Gasteiger partial charge on any atom is 0.232 e. The molecule has 6 nitrogen and oxygen atoms in total. The average molecular weight is 272 g/mol. The lowest BCUT2D eigenvalue weighted by molar-refractivity contribution is -0.303. The largest absolute Gasteiger partial charge is 0.548 e. The monoisotopic (exact) mass is 272 g/mol. The van der Waals surface area contributed by atoms with E-state index >= 15 is 0 Å². The number of hydrogen-bond acceptors (Lipinski definition) is 5. The normalized spacial score (nSPS) is 11.0. The fraction of sp³-hybridized carbons (Fsp3) is 0.364. The number of benzene rings is 1. The molecule has 7 heteroatoms. The van der Waals surface area contributed by atoms with Crippen LogP contribution in [0.5, 0.6) is 5.75 Å². The lowest BCUT2D eigenvalue weighted by atomic mass is 10.3. The fourth-order valence-electron chi connectivity index (χ4n) is 1.39. The summed E-state index contributed by atoms with van der Waals surface area (Å²) in [5.74, 6) is -0.877. The smallest absolute Gasteiger partial charge is 0.232 e. The van der Waals surface area contributed by atoms with E-state index in [1.165, 1.54) is 12.1 Å². The van der Waals surface area contributed by atoms with Crippen molar-refractivity contribution >= 4 is 21.7 Å². The number of aliphatic carboxylic acids is 1. The third-order valence-electron chi connectivity index (χ3n) is 2.11. The predicted octanol–water partition coefficient (Wildman–Crippen LogP) is -0.399. The molecule has 1 rings (SSSR count). The topological polar surface area (TPSA) is 86.7 Å². The summed E-state index contributed by atoms with van der Waals surface area (Å²) in [7, 11) is -3.67. The first kappa shape index (κ1) is 14.3. The van der Waals surface area contributed by atoms with E-state index in [0.29, 0.717) is 12.4 Å². The van der Waals surface area contributed by atoms with Crippen LogP contribution in [-0.2, 0) is 14.8 Å². The lowest BCUT2D eigenvalue weighted by Crippen LogP contribution is -2.41. The van der Waals surface area contributed by atoms with E-state index in [1.807, 2.05) is 6.92 Å². The van der Waals surface area contributed by atoms with Crippen LogP contribution in [0.2, 0.25) is 0 Å². The third kappa shape index (κ3) is 3.92. The summed E-state index contributed by atoms with van der Waals surface area (Å²) < 4.78 is 28.9. The Labute approximate surface area is 106 Å². The van der Waals surface area contributed by atoms with Crippen LogP contribution in [0.3, 0.4) is 0 Å². The molecule has 0 radical (unpaired) electrons. The number of carbonyl (C=O) groups excluding carboxylic acids is 1. The van der Waals surface area contributed by atoms with Crippen molar-refractivity contribution in [1.82, 2.24) is 0 Å². The van der Waals surface area contributed by atoms with Crippen LogP contribution in [0.1, 0.15) is 6.92 Å². The first-order chi connectivity index (χ1) is 8.34. The number of hydrogen-bond donors (Lipinski definition) is 0. The van der Waals surface area contributed by atoms with Gasteiger partial charge in [0.25, 0.3) is 0 Å². The average Bonchev–Trinajstić information content (AvgIpc) is 2.26. The van der Waals surface area contributed by atoms with E-state index in [2.05, 4.69) is 0 Å². The molecule has 0 aliphatic rings. The number of sulfonamides is 1. The van der Waals surface area contributed by atoms with Gasteiger partial charge in [-0.15, -0.1) is 0 Å². The van der Waals surface area contributed by atoms with Gasteiger partial charge in [-0.05, 0) is 31.2 Å². The molecular formula is C11H14NO5S-. The Balaban J connectivity index is 3.02. The van der Waals surface area contributed by atoms with Crippen molar-refractivity contribution in [3.8, 4) is 5.75 Å². The maximum absolute atomic E-state index is 11.5. The number of carboxylic acids is 1. The Bertz CT molecular complexity index is 509. The third-order valence-corrected chi connectivity index (χ3v) is 3.25. The van der Waals surface area contributed by atoms with Crippen molar-refractivity contribution in [3.05, 3.63) is 24.3 Å². The van der Waals surface area contributed by atoms with Gasteiger partial charge in [0.2, 0.25) is 10.0 Å². The van der Waals surface area contributed by atoms with E-state index in [9.17, 15) is 18.3 Å². The lowest BCUT2D eigenvalue weighted by Gasteiger charge is -2.22. The van der Waals surface area contributed by atoms with Gasteiger partial charge in [-0.1, -0.05) is 0 Å². The van der Waals surface area contributed by atoms with Gasteiger partial charge in [0.1, 0.15) is 5.75 Å². The molecule has 0 aliphatic heterocycles. The molecule has 0 aliphatic carbocycles. The van der Waals surface area contributed by atoms with Gasteiger partial charge in [0.05, 0.1) is 31.1 Å². The van der Waals surface area contributed by atoms with Crippen molar-refractivity contribution < 1.29 is 23.1 Å². The first-order valence-electron chi connectivity index (χ1n) is 5.25. The van der Waals surface area contributed by atoms with Crippen LogP contribution in [0.4, 0.5) is 5.69 Å². The number of anilines is 1. The van der Waals surface area contributed by atoms with Crippen molar-refractivity contribution in [1.29, 1.82) is 0 Å². The molecule has 0 atom stereocenters. The number of ether oxygens (including phenoxy) is 1. The Kier molecular flexibility index (Phi) is 4.55. The van der Waals surface area contributed by atoms with Crippen molar-refractivity contribution in [3.63, 3.8) is 0 Å². The minimum Gasteiger partial charge on any atom is -0.548 e. The Morgan fingerprint density at radius 3 is 2.28 bits per heavy atom. The van der Waals surface area contributed by atoms with Gasteiger partial charge in [0, 0.05) is 0 Å². The molecule has 1 aromatic carbocycles. The molecule has 0 N–H and O–H groups in total. The number of nitrogens with zero attached hydrogens (tertiary/aromatic N) is 1. The Morgan fingerprint density at radius 1 is 1.33 bits per heavy atom. The number of carboxylic acid groups (broad SMARTS) is 1. The zero-order chi connectivity index (χ0) is 13.8. The highest BCUT2D eigenvalue weighted by Gasteiger charge is 2.17. The van der Waals surface area contributed by atoms with Crippen molar-refractivity contribution in [2.75, 3.05) is 23.7 Å². The van der Waals surface area contributed by atoms with E-state index < -0.39 is 22.5 Å². The van der Waals surface area contributed by atoms with Gasteiger partial charge in [0.15, 0.2) is 0 Å². The summed E-state index contributed by atoms with van der Waals surface area (Å²) in [6.45, 7) is 1.60. The van der Waals surface area contributed by atoms with Crippen LogP contribution in [0.25, 0.3) is 0 Å². The predicted molar refractivity (Wildman–Crippen MR) is 64.8 cm³/mol. The highest BCUT2D eigenvalue weighted by atomic mass is 32.2. The second-order valence-electron chi connectivity index (χ2n) is 3.57. The Morgan fingerprint density at radius 2 is 1.89 bits per heavy atom. The first-order valence-corrected chi connectivity index (χ1v) is 7.10. The summed E-state index contributed by atoms with van der Waals surface area (Å²) in [5, 5.41) is 10.6. The molecule has 18 heavy (non-hydrogen) atoms. The van der Waals surface area contributed by atoms with Gasteiger partial charge in [-0.3, -0.25) is 4.31 Å². The summed E-state index contributed by atoms with van der Waals surface area (Å²) >= 11 is 0. The van der Waals surface area contributed by atoms with Crippen LogP contribution >= 0.6 is 0 Å². The SMILES string of the molecule is CCOc1ccc(N(CC(=O)[O-])S(C)(=O)=O)cc1. The standard InChI is InChI=1S/C11H15NO5S/c1-3-17-10-6-4-9(5-7-10)12(8-11(13)14)18(2,15)16/h4-7H,3,8H2,1-2H3,(H,13,14)/p-1. The van der Waals surface area contributed by atoms with Gasteiger partial charge in [-0.25, -0.2) is 8.42 Å². The summed E-state index contributed by atoms with van der Waals surface area (Å²) in [5.41, 5.74) is 0.255. The highest BCUT2D eigenvalue weighted by Crippen LogP contribution is 2.21. The minimum absolute atomic E-state index is 0.255. The summed E-state index contributed by atoms with van der Waals surface area (Å²) in [4.78, 5) is 10.6. The molecule has 0 aromatic heterocycles. The molecule has 0 amide bonds. The molecule has 1 aromatic rings. The molecule has 0 spiro atoms.